The van der Waals surface area contributed by atoms with Crippen LogP contribution in [0.3, 0.4) is 0 Å². The molecule has 1 unspecified atom stereocenters. The van der Waals surface area contributed by atoms with Crippen LogP contribution in [0.4, 0.5) is 4.79 Å². The number of ether oxygens (including phenoxy) is 1. The first-order valence-corrected chi connectivity index (χ1v) is 4.07. The zero-order valence-electron chi connectivity index (χ0n) is 6.71. The molecule has 3 nitrogen and oxygen atoms in total. The van der Waals surface area contributed by atoms with Crippen molar-refractivity contribution < 1.29 is 9.53 Å². The first-order chi connectivity index (χ1) is 5.09. The summed E-state index contributed by atoms with van der Waals surface area (Å²) in [5.74, 6) is 0. The van der Waals surface area contributed by atoms with Gasteiger partial charge < -0.3 is 9.64 Å². The van der Waals surface area contributed by atoms with Crippen LogP contribution in [0.5, 0.6) is 0 Å². The van der Waals surface area contributed by atoms with E-state index in [0.29, 0.717) is 13.1 Å². The average Bonchev–Trinajstić information content (AvgIpc) is 1.85. The summed E-state index contributed by atoms with van der Waals surface area (Å²) in [5, 5.41) is -0.382. The predicted molar refractivity (Wildman–Crippen MR) is 42.8 cm³/mol. The van der Waals surface area contributed by atoms with Crippen LogP contribution < -0.4 is 0 Å². The minimum absolute atomic E-state index is 0.0986. The molecule has 0 aromatic rings. The topological polar surface area (TPSA) is 29.5 Å². The second-order valence-electron chi connectivity index (χ2n) is 2.92. The highest BCUT2D eigenvalue weighted by Gasteiger charge is 2.24. The Kier molecular flexibility index (Phi) is 2.73. The summed E-state index contributed by atoms with van der Waals surface area (Å²) in [5.41, 5.74) is 0. The molecule has 0 aromatic heterocycles. The van der Waals surface area contributed by atoms with Gasteiger partial charge in [0.1, 0.15) is 0 Å². The third-order valence-corrected chi connectivity index (χ3v) is 1.91. The molecule has 2 atom stereocenters. The Morgan fingerprint density at radius 3 is 2.27 bits per heavy atom. The van der Waals surface area contributed by atoms with E-state index in [2.05, 4.69) is 0 Å². The second-order valence-corrected chi connectivity index (χ2v) is 3.24. The zero-order valence-corrected chi connectivity index (χ0v) is 7.47. The fourth-order valence-electron chi connectivity index (χ4n) is 1.32. The molecule has 1 saturated heterocycles. The standard InChI is InChI=1S/C7H12ClNO2/c1-5-3-9(7(8)10)4-6(2)11-5/h5-6H,3-4H2,1-2H3/t5-,6?/m1/s1. The lowest BCUT2D eigenvalue weighted by atomic mass is 10.2. The molecule has 1 aliphatic rings. The molecule has 0 radical (unpaired) electrons. The van der Waals surface area contributed by atoms with Crippen molar-refractivity contribution in [3.63, 3.8) is 0 Å². The van der Waals surface area contributed by atoms with E-state index in [-0.39, 0.29) is 17.6 Å². The van der Waals surface area contributed by atoms with E-state index in [0.717, 1.165) is 0 Å². The highest BCUT2D eigenvalue weighted by molar-refractivity contribution is 6.62. The first-order valence-electron chi connectivity index (χ1n) is 3.69. The lowest BCUT2D eigenvalue weighted by Crippen LogP contribution is -2.46. The molecule has 0 bridgehead atoms. The van der Waals surface area contributed by atoms with Gasteiger partial charge in [-0.25, -0.2) is 0 Å². The molecule has 1 rings (SSSR count). The van der Waals surface area contributed by atoms with Crippen LogP contribution in [0.1, 0.15) is 13.8 Å². The normalized spacial score (nSPS) is 32.1. The van der Waals surface area contributed by atoms with Gasteiger partial charge in [0.15, 0.2) is 0 Å². The number of morpholine rings is 1. The first kappa shape index (κ1) is 8.81. The second kappa shape index (κ2) is 3.41. The van der Waals surface area contributed by atoms with Gasteiger partial charge in [-0.05, 0) is 25.4 Å². The van der Waals surface area contributed by atoms with Gasteiger partial charge in [0.25, 0.3) is 0 Å². The van der Waals surface area contributed by atoms with E-state index in [1.165, 1.54) is 0 Å². The number of amides is 1. The quantitative estimate of drug-likeness (QED) is 0.414. The molecule has 0 saturated carbocycles. The van der Waals surface area contributed by atoms with E-state index in [1.807, 2.05) is 13.8 Å². The van der Waals surface area contributed by atoms with Crippen molar-refractivity contribution in [1.82, 2.24) is 4.90 Å². The van der Waals surface area contributed by atoms with Gasteiger partial charge >= 0.3 is 5.37 Å². The number of hydrogen-bond acceptors (Lipinski definition) is 2. The van der Waals surface area contributed by atoms with Crippen LogP contribution in [-0.2, 0) is 4.74 Å². The Morgan fingerprint density at radius 2 is 1.91 bits per heavy atom. The maximum atomic E-state index is 10.7. The summed E-state index contributed by atoms with van der Waals surface area (Å²) in [6.07, 6.45) is 0.197. The molecule has 0 aromatic carbocycles. The van der Waals surface area contributed by atoms with Crippen molar-refractivity contribution in [3.05, 3.63) is 0 Å². The molecule has 64 valence electrons. The molecule has 1 fully saturated rings. The summed E-state index contributed by atoms with van der Waals surface area (Å²) in [6, 6.07) is 0. The Hall–Kier alpha value is -0.280. The zero-order chi connectivity index (χ0) is 8.43. The predicted octanol–water partition coefficient (Wildman–Crippen LogP) is 1.45. The lowest BCUT2D eigenvalue weighted by molar-refractivity contribution is -0.0517. The Bertz CT molecular complexity index is 153. The van der Waals surface area contributed by atoms with Gasteiger partial charge in [-0.2, -0.15) is 0 Å². The van der Waals surface area contributed by atoms with Crippen LogP contribution in [0.15, 0.2) is 0 Å². The van der Waals surface area contributed by atoms with Crippen molar-refractivity contribution >= 4 is 17.0 Å². The Morgan fingerprint density at radius 1 is 1.45 bits per heavy atom. The fourth-order valence-corrected chi connectivity index (χ4v) is 1.46. The molecular formula is C7H12ClNO2. The Labute approximate surface area is 71.3 Å². The van der Waals surface area contributed by atoms with E-state index >= 15 is 0 Å². The minimum atomic E-state index is -0.382. The third kappa shape index (κ3) is 2.34. The van der Waals surface area contributed by atoms with Crippen LogP contribution >= 0.6 is 11.6 Å². The number of nitrogens with zero attached hydrogens (tertiary/aromatic N) is 1. The molecular weight excluding hydrogens is 166 g/mol. The number of halogens is 1. The van der Waals surface area contributed by atoms with Crippen LogP contribution in [0.25, 0.3) is 0 Å². The van der Waals surface area contributed by atoms with Gasteiger partial charge in [0.2, 0.25) is 0 Å². The molecule has 0 N–H and O–H groups in total. The molecule has 0 spiro atoms. The van der Waals surface area contributed by atoms with Gasteiger partial charge in [-0.1, -0.05) is 0 Å². The summed E-state index contributed by atoms with van der Waals surface area (Å²) >= 11 is 5.32. The van der Waals surface area contributed by atoms with Crippen molar-refractivity contribution in [1.29, 1.82) is 0 Å². The monoisotopic (exact) mass is 177 g/mol. The van der Waals surface area contributed by atoms with Crippen molar-refractivity contribution in [2.45, 2.75) is 26.1 Å². The van der Waals surface area contributed by atoms with E-state index in [9.17, 15) is 4.79 Å². The van der Waals surface area contributed by atoms with Crippen molar-refractivity contribution in [2.75, 3.05) is 13.1 Å². The van der Waals surface area contributed by atoms with Gasteiger partial charge in [-0.15, -0.1) is 0 Å². The molecule has 4 heteroatoms. The van der Waals surface area contributed by atoms with E-state index in [4.69, 9.17) is 16.3 Å². The summed E-state index contributed by atoms with van der Waals surface area (Å²) in [6.45, 7) is 5.07. The molecule has 1 heterocycles. The largest absolute Gasteiger partial charge is 0.372 e. The van der Waals surface area contributed by atoms with Crippen LogP contribution in [0.2, 0.25) is 0 Å². The number of rotatable bonds is 0. The maximum absolute atomic E-state index is 10.7. The van der Waals surface area contributed by atoms with Crippen LogP contribution in [0, 0.1) is 0 Å². The molecule has 0 aliphatic carbocycles. The number of hydrogen-bond donors (Lipinski definition) is 0. The highest BCUT2D eigenvalue weighted by atomic mass is 35.5. The smallest absolute Gasteiger partial charge is 0.316 e. The summed E-state index contributed by atoms with van der Waals surface area (Å²) in [7, 11) is 0. The van der Waals surface area contributed by atoms with E-state index < -0.39 is 0 Å². The van der Waals surface area contributed by atoms with Gasteiger partial charge in [0.05, 0.1) is 12.2 Å². The van der Waals surface area contributed by atoms with Crippen molar-refractivity contribution in [2.24, 2.45) is 0 Å². The average molecular weight is 178 g/mol. The van der Waals surface area contributed by atoms with Gasteiger partial charge in [-0.3, -0.25) is 4.79 Å². The Balaban J connectivity index is 2.49. The lowest BCUT2D eigenvalue weighted by Gasteiger charge is -2.33. The van der Waals surface area contributed by atoms with Crippen molar-refractivity contribution in [3.8, 4) is 0 Å². The molecule has 1 aliphatic heterocycles. The van der Waals surface area contributed by atoms with Crippen LogP contribution in [-0.4, -0.2) is 35.6 Å². The third-order valence-electron chi connectivity index (χ3n) is 1.67. The SMILES string of the molecule is CC1CN(C(=O)Cl)C[C@@H](C)O1. The number of carbonyl (C=O) groups excluding carboxylic acids is 1. The maximum Gasteiger partial charge on any atom is 0.316 e. The highest BCUT2D eigenvalue weighted by Crippen LogP contribution is 2.11. The minimum Gasteiger partial charge on any atom is -0.372 e. The molecule has 1 amide bonds. The summed E-state index contributed by atoms with van der Waals surface area (Å²) < 4.78 is 5.41. The summed E-state index contributed by atoms with van der Waals surface area (Å²) in [4.78, 5) is 12.3. The van der Waals surface area contributed by atoms with Gasteiger partial charge in [0, 0.05) is 13.1 Å². The number of carbonyl (C=O) groups is 1. The van der Waals surface area contributed by atoms with E-state index in [1.54, 1.807) is 4.90 Å². The fraction of sp³-hybridized carbons (Fsp3) is 0.857. The molecule has 11 heavy (non-hydrogen) atoms.